The maximum Gasteiger partial charge on any atom is 0.254 e. The smallest absolute Gasteiger partial charge is 0.254 e. The fourth-order valence-corrected chi connectivity index (χ4v) is 1.82. The van der Waals surface area contributed by atoms with Crippen LogP contribution >= 0.6 is 0 Å². The van der Waals surface area contributed by atoms with Crippen molar-refractivity contribution in [3.05, 3.63) is 53.4 Å². The molecule has 1 atom stereocenters. The Balaban J connectivity index is 2.06. The standard InChI is InChI=1S/C14H15F2N3O2/c1-14(21,9-6-18-19(2)7-9)8-17-13(20)11-4-3-10(15)5-12(11)16/h3-7,21H,8H2,1-2H3,(H,17,20). The minimum atomic E-state index is -1.35. The molecule has 1 unspecified atom stereocenters. The van der Waals surface area contributed by atoms with Gasteiger partial charge in [-0.3, -0.25) is 9.48 Å². The normalized spacial score (nSPS) is 13.8. The van der Waals surface area contributed by atoms with Gasteiger partial charge in [-0.25, -0.2) is 8.78 Å². The lowest BCUT2D eigenvalue weighted by atomic mass is 9.99. The average molecular weight is 295 g/mol. The van der Waals surface area contributed by atoms with Gasteiger partial charge in [-0.05, 0) is 19.1 Å². The Kier molecular flexibility index (Phi) is 4.04. The molecule has 0 bridgehead atoms. The number of aliphatic hydroxyl groups is 1. The molecule has 112 valence electrons. The van der Waals surface area contributed by atoms with Gasteiger partial charge in [-0.2, -0.15) is 5.10 Å². The van der Waals surface area contributed by atoms with Gasteiger partial charge in [0, 0.05) is 24.9 Å². The third-order valence-corrected chi connectivity index (χ3v) is 3.10. The summed E-state index contributed by atoms with van der Waals surface area (Å²) in [5, 5.41) is 16.6. The molecule has 1 aromatic carbocycles. The highest BCUT2D eigenvalue weighted by molar-refractivity contribution is 5.94. The summed E-state index contributed by atoms with van der Waals surface area (Å²) in [6.07, 6.45) is 3.09. The van der Waals surface area contributed by atoms with Crippen molar-refractivity contribution >= 4 is 5.91 Å². The maximum atomic E-state index is 13.5. The number of halogens is 2. The van der Waals surface area contributed by atoms with E-state index in [-0.39, 0.29) is 12.1 Å². The van der Waals surface area contributed by atoms with E-state index in [4.69, 9.17) is 0 Å². The number of nitrogens with one attached hydrogen (secondary N) is 1. The Morgan fingerprint density at radius 2 is 2.19 bits per heavy atom. The number of benzene rings is 1. The highest BCUT2D eigenvalue weighted by atomic mass is 19.1. The second-order valence-corrected chi connectivity index (χ2v) is 4.98. The summed E-state index contributed by atoms with van der Waals surface area (Å²) >= 11 is 0. The number of hydrogen-bond acceptors (Lipinski definition) is 3. The Morgan fingerprint density at radius 3 is 2.76 bits per heavy atom. The number of carbonyl (C=O) groups is 1. The molecule has 0 saturated carbocycles. The number of aryl methyl sites for hydroxylation is 1. The van der Waals surface area contributed by atoms with Crippen LogP contribution in [0.2, 0.25) is 0 Å². The lowest BCUT2D eigenvalue weighted by Crippen LogP contribution is -2.38. The van der Waals surface area contributed by atoms with E-state index in [1.165, 1.54) is 17.8 Å². The van der Waals surface area contributed by atoms with Crippen LogP contribution in [0, 0.1) is 11.6 Å². The quantitative estimate of drug-likeness (QED) is 0.894. The molecule has 1 heterocycles. The van der Waals surface area contributed by atoms with Gasteiger partial charge in [0.1, 0.15) is 17.2 Å². The number of rotatable bonds is 4. The van der Waals surface area contributed by atoms with Crippen molar-refractivity contribution in [2.75, 3.05) is 6.54 Å². The minimum Gasteiger partial charge on any atom is -0.383 e. The topological polar surface area (TPSA) is 67.2 Å². The van der Waals surface area contributed by atoms with E-state index in [1.54, 1.807) is 13.2 Å². The van der Waals surface area contributed by atoms with Crippen LogP contribution in [0.25, 0.3) is 0 Å². The third kappa shape index (κ3) is 3.43. The van der Waals surface area contributed by atoms with Crippen LogP contribution in [0.4, 0.5) is 8.78 Å². The first kappa shape index (κ1) is 15.1. The molecule has 2 rings (SSSR count). The SMILES string of the molecule is Cn1cc(C(C)(O)CNC(=O)c2ccc(F)cc2F)cn1. The van der Waals surface area contributed by atoms with E-state index >= 15 is 0 Å². The van der Waals surface area contributed by atoms with Gasteiger partial charge in [0.15, 0.2) is 0 Å². The van der Waals surface area contributed by atoms with Crippen molar-refractivity contribution in [1.82, 2.24) is 15.1 Å². The summed E-state index contributed by atoms with van der Waals surface area (Å²) < 4.78 is 27.8. The van der Waals surface area contributed by atoms with Crippen LogP contribution in [0.15, 0.2) is 30.6 Å². The molecule has 2 N–H and O–H groups in total. The number of amides is 1. The molecule has 21 heavy (non-hydrogen) atoms. The predicted octanol–water partition coefficient (Wildman–Crippen LogP) is 1.34. The number of aromatic nitrogens is 2. The molecule has 7 heteroatoms. The zero-order valence-electron chi connectivity index (χ0n) is 11.6. The average Bonchev–Trinajstić information content (AvgIpc) is 2.84. The van der Waals surface area contributed by atoms with Crippen molar-refractivity contribution in [2.45, 2.75) is 12.5 Å². The lowest BCUT2D eigenvalue weighted by molar-refractivity contribution is 0.0524. The van der Waals surface area contributed by atoms with Crippen LogP contribution in [-0.2, 0) is 12.6 Å². The van der Waals surface area contributed by atoms with Crippen molar-refractivity contribution in [3.63, 3.8) is 0 Å². The van der Waals surface area contributed by atoms with Crippen molar-refractivity contribution in [1.29, 1.82) is 0 Å². The summed E-state index contributed by atoms with van der Waals surface area (Å²) in [5.41, 5.74) is -1.11. The Morgan fingerprint density at radius 1 is 1.48 bits per heavy atom. The molecule has 0 saturated heterocycles. The summed E-state index contributed by atoms with van der Waals surface area (Å²) in [7, 11) is 1.70. The van der Waals surface area contributed by atoms with Gasteiger partial charge in [-0.15, -0.1) is 0 Å². The highest BCUT2D eigenvalue weighted by Crippen LogP contribution is 2.19. The van der Waals surface area contributed by atoms with Gasteiger partial charge in [-0.1, -0.05) is 0 Å². The first-order valence-electron chi connectivity index (χ1n) is 6.24. The van der Waals surface area contributed by atoms with Gasteiger partial charge in [0.25, 0.3) is 5.91 Å². The molecular formula is C14H15F2N3O2. The zero-order valence-corrected chi connectivity index (χ0v) is 11.6. The van der Waals surface area contributed by atoms with Crippen LogP contribution in [-0.4, -0.2) is 27.3 Å². The zero-order chi connectivity index (χ0) is 15.6. The first-order chi connectivity index (χ1) is 9.79. The van der Waals surface area contributed by atoms with Crippen molar-refractivity contribution in [2.24, 2.45) is 7.05 Å². The Bertz CT molecular complexity index is 668. The molecule has 2 aromatic rings. The molecule has 1 amide bonds. The van der Waals surface area contributed by atoms with E-state index in [1.807, 2.05) is 0 Å². The largest absolute Gasteiger partial charge is 0.383 e. The van der Waals surface area contributed by atoms with Crippen LogP contribution in [0.5, 0.6) is 0 Å². The summed E-state index contributed by atoms with van der Waals surface area (Å²) in [4.78, 5) is 11.9. The lowest BCUT2D eigenvalue weighted by Gasteiger charge is -2.22. The predicted molar refractivity (Wildman–Crippen MR) is 71.5 cm³/mol. The van der Waals surface area contributed by atoms with E-state index in [9.17, 15) is 18.7 Å². The second kappa shape index (κ2) is 5.61. The van der Waals surface area contributed by atoms with Crippen molar-refractivity contribution < 1.29 is 18.7 Å². The van der Waals surface area contributed by atoms with Gasteiger partial charge in [0.05, 0.1) is 18.3 Å². The summed E-state index contributed by atoms with van der Waals surface area (Å²) in [6, 6.07) is 2.68. The first-order valence-corrected chi connectivity index (χ1v) is 6.24. The summed E-state index contributed by atoms with van der Waals surface area (Å²) in [5.74, 6) is -2.43. The Labute approximate surface area is 120 Å². The number of nitrogens with zero attached hydrogens (tertiary/aromatic N) is 2. The number of carbonyl (C=O) groups excluding carboxylic acids is 1. The molecular weight excluding hydrogens is 280 g/mol. The molecule has 0 aliphatic rings. The molecule has 1 aromatic heterocycles. The van der Waals surface area contributed by atoms with Crippen LogP contribution in [0.1, 0.15) is 22.8 Å². The number of hydrogen-bond donors (Lipinski definition) is 2. The Hall–Kier alpha value is -2.28. The third-order valence-electron chi connectivity index (χ3n) is 3.10. The fraction of sp³-hybridized carbons (Fsp3) is 0.286. The molecule has 0 spiro atoms. The molecule has 0 fully saturated rings. The van der Waals surface area contributed by atoms with Crippen LogP contribution < -0.4 is 5.32 Å². The van der Waals surface area contributed by atoms with Crippen molar-refractivity contribution in [3.8, 4) is 0 Å². The van der Waals surface area contributed by atoms with E-state index in [0.29, 0.717) is 11.6 Å². The molecule has 0 radical (unpaired) electrons. The monoisotopic (exact) mass is 295 g/mol. The van der Waals surface area contributed by atoms with Crippen LogP contribution in [0.3, 0.4) is 0 Å². The minimum absolute atomic E-state index is 0.131. The highest BCUT2D eigenvalue weighted by Gasteiger charge is 2.26. The molecule has 0 aliphatic carbocycles. The van der Waals surface area contributed by atoms with Gasteiger partial charge < -0.3 is 10.4 Å². The van der Waals surface area contributed by atoms with Gasteiger partial charge >= 0.3 is 0 Å². The van der Waals surface area contributed by atoms with E-state index in [2.05, 4.69) is 10.4 Å². The summed E-state index contributed by atoms with van der Waals surface area (Å²) in [6.45, 7) is 1.37. The fourth-order valence-electron chi connectivity index (χ4n) is 1.82. The molecule has 5 nitrogen and oxygen atoms in total. The second-order valence-electron chi connectivity index (χ2n) is 4.98. The maximum absolute atomic E-state index is 13.5. The van der Waals surface area contributed by atoms with E-state index < -0.39 is 23.1 Å². The molecule has 0 aliphatic heterocycles. The van der Waals surface area contributed by atoms with Gasteiger partial charge in [0.2, 0.25) is 0 Å². The van der Waals surface area contributed by atoms with E-state index in [0.717, 1.165) is 12.1 Å².